The van der Waals surface area contributed by atoms with Crippen LogP contribution in [-0.2, 0) is 13.0 Å². The molecular weight excluding hydrogens is 176 g/mol. The molecule has 0 bridgehead atoms. The summed E-state index contributed by atoms with van der Waals surface area (Å²) in [5.41, 5.74) is 6.52. The molecule has 78 valence electrons. The predicted molar refractivity (Wildman–Crippen MR) is 54.7 cm³/mol. The average Bonchev–Trinajstić information content (AvgIpc) is 2.67. The smallest absolute Gasteiger partial charge is 0.181 e. The summed E-state index contributed by atoms with van der Waals surface area (Å²) in [4.78, 5) is 4.11. The molecule has 0 spiro atoms. The Hall–Kier alpha value is -0.830. The van der Waals surface area contributed by atoms with Crippen molar-refractivity contribution in [3.63, 3.8) is 0 Å². The molecule has 0 radical (unpaired) electrons. The first-order valence-electron chi connectivity index (χ1n) is 5.51. The number of rotatable bonds is 3. The molecule has 0 saturated heterocycles. The molecule has 1 aromatic heterocycles. The summed E-state index contributed by atoms with van der Waals surface area (Å²) < 4.78 is 5.37. The Morgan fingerprint density at radius 2 is 2.14 bits per heavy atom. The topological polar surface area (TPSA) is 52.0 Å². The minimum atomic E-state index is 0.499. The summed E-state index contributed by atoms with van der Waals surface area (Å²) in [6.45, 7) is 0.499. The summed E-state index contributed by atoms with van der Waals surface area (Å²) in [6.07, 6.45) is 9.37. The highest BCUT2D eigenvalue weighted by atomic mass is 16.3. The number of hydrogen-bond donors (Lipinski definition) is 1. The van der Waals surface area contributed by atoms with Gasteiger partial charge in [-0.3, -0.25) is 0 Å². The molecule has 1 saturated carbocycles. The van der Waals surface area contributed by atoms with E-state index in [0.717, 1.165) is 23.8 Å². The maximum absolute atomic E-state index is 5.58. The minimum Gasteiger partial charge on any atom is -0.448 e. The van der Waals surface area contributed by atoms with Gasteiger partial charge >= 0.3 is 0 Å². The summed E-state index contributed by atoms with van der Waals surface area (Å²) >= 11 is 0. The first kappa shape index (κ1) is 9.71. The Labute approximate surface area is 84.7 Å². The Bertz CT molecular complexity index is 277. The van der Waals surface area contributed by atoms with E-state index >= 15 is 0 Å². The lowest BCUT2D eigenvalue weighted by molar-refractivity contribution is 0.332. The monoisotopic (exact) mass is 194 g/mol. The van der Waals surface area contributed by atoms with Gasteiger partial charge in [-0.1, -0.05) is 32.1 Å². The van der Waals surface area contributed by atoms with Crippen LogP contribution in [0.15, 0.2) is 10.8 Å². The van der Waals surface area contributed by atoms with E-state index in [4.69, 9.17) is 10.2 Å². The van der Waals surface area contributed by atoms with Crippen LogP contribution < -0.4 is 5.73 Å². The zero-order valence-corrected chi connectivity index (χ0v) is 8.54. The molecule has 1 aliphatic carbocycles. The molecule has 0 amide bonds. The number of aromatic nitrogens is 1. The second-order valence-corrected chi connectivity index (χ2v) is 4.13. The van der Waals surface area contributed by atoms with Crippen molar-refractivity contribution in [2.24, 2.45) is 11.7 Å². The quantitative estimate of drug-likeness (QED) is 0.803. The van der Waals surface area contributed by atoms with E-state index in [1.54, 1.807) is 0 Å². The highest BCUT2D eigenvalue weighted by molar-refractivity contribution is 5.07. The third-order valence-electron chi connectivity index (χ3n) is 3.12. The fourth-order valence-electron chi connectivity index (χ4n) is 2.28. The Morgan fingerprint density at radius 3 is 2.86 bits per heavy atom. The number of hydrogen-bond acceptors (Lipinski definition) is 3. The normalized spacial score (nSPS) is 18.6. The first-order chi connectivity index (χ1) is 6.90. The van der Waals surface area contributed by atoms with Gasteiger partial charge in [0, 0.05) is 13.0 Å². The van der Waals surface area contributed by atoms with Crippen LogP contribution in [0.4, 0.5) is 0 Å². The van der Waals surface area contributed by atoms with Crippen molar-refractivity contribution in [1.82, 2.24) is 4.98 Å². The first-order valence-corrected chi connectivity index (χ1v) is 5.51. The van der Waals surface area contributed by atoms with Gasteiger partial charge in [0.25, 0.3) is 0 Å². The Morgan fingerprint density at radius 1 is 1.36 bits per heavy atom. The molecule has 0 aromatic carbocycles. The molecule has 2 rings (SSSR count). The second-order valence-electron chi connectivity index (χ2n) is 4.13. The van der Waals surface area contributed by atoms with Crippen LogP contribution in [0.2, 0.25) is 0 Å². The van der Waals surface area contributed by atoms with Crippen molar-refractivity contribution in [2.75, 3.05) is 0 Å². The molecule has 1 aliphatic rings. The van der Waals surface area contributed by atoms with Gasteiger partial charge in [-0.15, -0.1) is 0 Å². The van der Waals surface area contributed by atoms with Crippen LogP contribution in [0.3, 0.4) is 0 Å². The lowest BCUT2D eigenvalue weighted by Gasteiger charge is -2.20. The van der Waals surface area contributed by atoms with Gasteiger partial charge in [-0.05, 0) is 5.92 Å². The zero-order valence-electron chi connectivity index (χ0n) is 8.54. The lowest BCUT2D eigenvalue weighted by Crippen LogP contribution is -2.11. The van der Waals surface area contributed by atoms with Crippen molar-refractivity contribution in [1.29, 1.82) is 0 Å². The molecule has 0 unspecified atom stereocenters. The van der Waals surface area contributed by atoms with E-state index < -0.39 is 0 Å². The third-order valence-corrected chi connectivity index (χ3v) is 3.12. The van der Waals surface area contributed by atoms with Crippen LogP contribution in [-0.4, -0.2) is 4.98 Å². The molecule has 1 fully saturated rings. The van der Waals surface area contributed by atoms with Crippen molar-refractivity contribution < 1.29 is 4.42 Å². The van der Waals surface area contributed by atoms with Gasteiger partial charge in [0.2, 0.25) is 0 Å². The van der Waals surface area contributed by atoms with E-state index in [1.807, 2.05) is 0 Å². The summed E-state index contributed by atoms with van der Waals surface area (Å²) in [5, 5.41) is 0. The van der Waals surface area contributed by atoms with Crippen molar-refractivity contribution in [3.05, 3.63) is 17.8 Å². The number of nitrogens with zero attached hydrogens (tertiary/aromatic N) is 1. The van der Waals surface area contributed by atoms with Crippen LogP contribution in [0.5, 0.6) is 0 Å². The summed E-state index contributed by atoms with van der Waals surface area (Å²) in [6, 6.07) is 0. The molecule has 1 aromatic rings. The van der Waals surface area contributed by atoms with Gasteiger partial charge in [0.1, 0.15) is 5.76 Å². The molecule has 2 N–H and O–H groups in total. The van der Waals surface area contributed by atoms with Crippen LogP contribution in [0.25, 0.3) is 0 Å². The summed E-state index contributed by atoms with van der Waals surface area (Å²) in [7, 11) is 0. The largest absolute Gasteiger partial charge is 0.448 e. The standard InChI is InChI=1S/C11H18N2O/c12-7-10-11(14-8-13-10)6-9-4-2-1-3-5-9/h8-9H,1-7,12H2. The van der Waals surface area contributed by atoms with Crippen LogP contribution in [0.1, 0.15) is 43.6 Å². The molecule has 1 heterocycles. The van der Waals surface area contributed by atoms with E-state index in [9.17, 15) is 0 Å². The number of nitrogens with two attached hydrogens (primary N) is 1. The van der Waals surface area contributed by atoms with Crippen LogP contribution >= 0.6 is 0 Å². The maximum Gasteiger partial charge on any atom is 0.181 e. The van der Waals surface area contributed by atoms with Crippen molar-refractivity contribution in [3.8, 4) is 0 Å². The molecular formula is C11H18N2O. The fraction of sp³-hybridized carbons (Fsp3) is 0.727. The third kappa shape index (κ3) is 2.15. The minimum absolute atomic E-state index is 0.499. The number of oxazole rings is 1. The van der Waals surface area contributed by atoms with Crippen molar-refractivity contribution >= 4 is 0 Å². The molecule has 0 atom stereocenters. The molecule has 3 nitrogen and oxygen atoms in total. The highest BCUT2D eigenvalue weighted by Gasteiger charge is 2.17. The maximum atomic E-state index is 5.58. The van der Waals surface area contributed by atoms with E-state index in [1.165, 1.54) is 38.5 Å². The van der Waals surface area contributed by atoms with Crippen LogP contribution in [0, 0.1) is 5.92 Å². The van der Waals surface area contributed by atoms with E-state index in [2.05, 4.69) is 4.98 Å². The van der Waals surface area contributed by atoms with Crippen molar-refractivity contribution in [2.45, 2.75) is 45.1 Å². The zero-order chi connectivity index (χ0) is 9.80. The van der Waals surface area contributed by atoms with Gasteiger partial charge in [-0.2, -0.15) is 0 Å². The van der Waals surface area contributed by atoms with Gasteiger partial charge in [0.05, 0.1) is 5.69 Å². The van der Waals surface area contributed by atoms with Gasteiger partial charge in [-0.25, -0.2) is 4.98 Å². The Kier molecular flexibility index (Phi) is 3.19. The fourth-order valence-corrected chi connectivity index (χ4v) is 2.28. The predicted octanol–water partition coefficient (Wildman–Crippen LogP) is 2.26. The Balaban J connectivity index is 1.95. The van der Waals surface area contributed by atoms with Gasteiger partial charge in [0.15, 0.2) is 6.39 Å². The highest BCUT2D eigenvalue weighted by Crippen LogP contribution is 2.27. The SMILES string of the molecule is NCc1ncoc1CC1CCCCC1. The second kappa shape index (κ2) is 4.60. The average molecular weight is 194 g/mol. The lowest BCUT2D eigenvalue weighted by atomic mass is 9.86. The van der Waals surface area contributed by atoms with E-state index in [-0.39, 0.29) is 0 Å². The summed E-state index contributed by atoms with van der Waals surface area (Å²) in [5.74, 6) is 1.81. The molecule has 3 heteroatoms. The molecule has 14 heavy (non-hydrogen) atoms. The molecule has 0 aliphatic heterocycles. The van der Waals surface area contributed by atoms with Gasteiger partial charge < -0.3 is 10.2 Å². The van der Waals surface area contributed by atoms with E-state index in [0.29, 0.717) is 6.54 Å².